The van der Waals surface area contributed by atoms with Crippen LogP contribution in [0.5, 0.6) is 0 Å². The Kier molecular flexibility index (Phi) is 5.61. The second-order valence-corrected chi connectivity index (χ2v) is 5.86. The van der Waals surface area contributed by atoms with Crippen molar-refractivity contribution in [2.75, 3.05) is 12.3 Å². The quantitative estimate of drug-likeness (QED) is 0.767. The molecule has 0 fully saturated rings. The van der Waals surface area contributed by atoms with Crippen LogP contribution in [-0.2, 0) is 23.1 Å². The fourth-order valence-corrected chi connectivity index (χ4v) is 2.60. The van der Waals surface area contributed by atoms with Gasteiger partial charge in [-0.15, -0.1) is 0 Å². The molecule has 0 aliphatic heterocycles. The van der Waals surface area contributed by atoms with E-state index in [4.69, 9.17) is 5.11 Å². The lowest BCUT2D eigenvalue weighted by atomic mass is 10.1. The van der Waals surface area contributed by atoms with Crippen LogP contribution in [0.4, 0.5) is 0 Å². The zero-order chi connectivity index (χ0) is 12.7. The topological polar surface area (TPSA) is 66.4 Å². The summed E-state index contributed by atoms with van der Waals surface area (Å²) in [5.74, 6) is 0.177. The highest BCUT2D eigenvalue weighted by Crippen LogP contribution is 2.04. The van der Waals surface area contributed by atoms with Gasteiger partial charge in [0.05, 0.1) is 12.4 Å². The van der Waals surface area contributed by atoms with Gasteiger partial charge in [-0.1, -0.05) is 31.2 Å². The summed E-state index contributed by atoms with van der Waals surface area (Å²) in [7, 11) is -3.10. The number of sulfonamides is 1. The first-order valence-corrected chi connectivity index (χ1v) is 7.38. The van der Waals surface area contributed by atoms with Crippen LogP contribution in [0.25, 0.3) is 0 Å². The van der Waals surface area contributed by atoms with E-state index in [0.717, 1.165) is 11.1 Å². The molecule has 0 spiro atoms. The number of aliphatic hydroxyl groups excluding tert-OH is 1. The molecule has 0 bridgehead atoms. The first-order valence-electron chi connectivity index (χ1n) is 5.73. The Morgan fingerprint density at radius 3 is 2.29 bits per heavy atom. The predicted molar refractivity (Wildman–Crippen MR) is 68.1 cm³/mol. The van der Waals surface area contributed by atoms with E-state index < -0.39 is 10.0 Å². The largest absolute Gasteiger partial charge is 0.392 e. The molecule has 0 radical (unpaired) electrons. The van der Waals surface area contributed by atoms with Gasteiger partial charge in [-0.05, 0) is 24.0 Å². The van der Waals surface area contributed by atoms with Gasteiger partial charge in [0.2, 0.25) is 10.0 Å². The third kappa shape index (κ3) is 5.30. The molecular formula is C12H19NO3S. The van der Waals surface area contributed by atoms with Gasteiger partial charge in [-0.25, -0.2) is 13.1 Å². The maximum absolute atomic E-state index is 11.4. The van der Waals surface area contributed by atoms with Crippen molar-refractivity contribution < 1.29 is 13.5 Å². The summed E-state index contributed by atoms with van der Waals surface area (Å²) in [5, 5.41) is 8.88. The average molecular weight is 257 g/mol. The third-order valence-corrected chi connectivity index (χ3v) is 4.00. The van der Waals surface area contributed by atoms with Crippen molar-refractivity contribution in [1.29, 1.82) is 0 Å². The summed E-state index contributed by atoms with van der Waals surface area (Å²) < 4.78 is 25.3. The van der Waals surface area contributed by atoms with Crippen molar-refractivity contribution in [3.8, 4) is 0 Å². The highest BCUT2D eigenvalue weighted by Gasteiger charge is 2.06. The minimum Gasteiger partial charge on any atom is -0.392 e. The van der Waals surface area contributed by atoms with Gasteiger partial charge < -0.3 is 5.11 Å². The zero-order valence-corrected chi connectivity index (χ0v) is 10.8. The summed E-state index contributed by atoms with van der Waals surface area (Å²) in [6.07, 6.45) is 1.29. The molecule has 0 aliphatic rings. The second kappa shape index (κ2) is 6.74. The lowest BCUT2D eigenvalue weighted by Crippen LogP contribution is -2.28. The standard InChI is InChI=1S/C12H19NO3S/c1-2-9-17(15,16)13-8-7-11-3-5-12(10-14)6-4-11/h3-6,13-14H,2,7-10H2,1H3. The Morgan fingerprint density at radius 2 is 1.76 bits per heavy atom. The van der Waals surface area contributed by atoms with E-state index in [9.17, 15) is 8.42 Å². The molecule has 4 nitrogen and oxygen atoms in total. The maximum Gasteiger partial charge on any atom is 0.211 e. The van der Waals surface area contributed by atoms with E-state index in [1.165, 1.54) is 0 Å². The van der Waals surface area contributed by atoms with Crippen LogP contribution in [-0.4, -0.2) is 25.8 Å². The second-order valence-electron chi connectivity index (χ2n) is 3.94. The van der Waals surface area contributed by atoms with Crippen LogP contribution < -0.4 is 4.72 Å². The lowest BCUT2D eigenvalue weighted by molar-refractivity contribution is 0.282. The first kappa shape index (κ1) is 14.2. The molecule has 0 aromatic heterocycles. The molecule has 5 heteroatoms. The van der Waals surface area contributed by atoms with Crippen LogP contribution in [0.3, 0.4) is 0 Å². The van der Waals surface area contributed by atoms with E-state index in [-0.39, 0.29) is 12.4 Å². The Labute approximate surface area is 103 Å². The molecule has 1 rings (SSSR count). The SMILES string of the molecule is CCCS(=O)(=O)NCCc1ccc(CO)cc1. The van der Waals surface area contributed by atoms with Gasteiger partial charge in [-0.3, -0.25) is 0 Å². The van der Waals surface area contributed by atoms with Crippen LogP contribution in [0.15, 0.2) is 24.3 Å². The predicted octanol–water partition coefficient (Wildman–Crippen LogP) is 1.05. The fourth-order valence-electron chi connectivity index (χ4n) is 1.50. The monoisotopic (exact) mass is 257 g/mol. The molecule has 0 unspecified atom stereocenters. The van der Waals surface area contributed by atoms with E-state index >= 15 is 0 Å². The van der Waals surface area contributed by atoms with Gasteiger partial charge in [0.1, 0.15) is 0 Å². The number of rotatable bonds is 7. The molecule has 0 saturated heterocycles. The smallest absolute Gasteiger partial charge is 0.211 e. The summed E-state index contributed by atoms with van der Waals surface area (Å²) in [4.78, 5) is 0. The summed E-state index contributed by atoms with van der Waals surface area (Å²) in [6.45, 7) is 2.29. The van der Waals surface area contributed by atoms with Crippen LogP contribution >= 0.6 is 0 Å². The number of benzene rings is 1. The average Bonchev–Trinajstić information content (AvgIpc) is 2.29. The third-order valence-electron chi connectivity index (χ3n) is 2.41. The van der Waals surface area contributed by atoms with E-state index in [2.05, 4.69) is 4.72 Å². The zero-order valence-electron chi connectivity index (χ0n) is 10.0. The Hall–Kier alpha value is -0.910. The summed E-state index contributed by atoms with van der Waals surface area (Å²) >= 11 is 0. The Balaban J connectivity index is 2.40. The van der Waals surface area contributed by atoms with Gasteiger partial charge >= 0.3 is 0 Å². The first-order chi connectivity index (χ1) is 8.07. The van der Waals surface area contributed by atoms with Crippen molar-refractivity contribution in [3.05, 3.63) is 35.4 Å². The molecule has 0 heterocycles. The summed E-state index contributed by atoms with van der Waals surface area (Å²) in [6, 6.07) is 7.49. The highest BCUT2D eigenvalue weighted by atomic mass is 32.2. The summed E-state index contributed by atoms with van der Waals surface area (Å²) in [5.41, 5.74) is 1.92. The normalized spacial score (nSPS) is 11.6. The van der Waals surface area contributed by atoms with Gasteiger partial charge in [0, 0.05) is 6.54 Å². The van der Waals surface area contributed by atoms with Crippen molar-refractivity contribution >= 4 is 10.0 Å². The molecular weight excluding hydrogens is 238 g/mol. The van der Waals surface area contributed by atoms with Crippen molar-refractivity contribution in [2.45, 2.75) is 26.4 Å². The molecule has 1 aromatic rings. The van der Waals surface area contributed by atoms with Gasteiger partial charge in [0.25, 0.3) is 0 Å². The molecule has 0 aliphatic carbocycles. The molecule has 0 amide bonds. The van der Waals surface area contributed by atoms with Crippen molar-refractivity contribution in [3.63, 3.8) is 0 Å². The number of nitrogens with one attached hydrogen (secondary N) is 1. The molecule has 0 saturated carbocycles. The van der Waals surface area contributed by atoms with E-state index in [1.54, 1.807) is 0 Å². The molecule has 1 aromatic carbocycles. The molecule has 0 atom stereocenters. The van der Waals surface area contributed by atoms with Gasteiger partial charge in [-0.2, -0.15) is 0 Å². The van der Waals surface area contributed by atoms with Crippen molar-refractivity contribution in [1.82, 2.24) is 4.72 Å². The van der Waals surface area contributed by atoms with Crippen LogP contribution in [0.1, 0.15) is 24.5 Å². The Bertz CT molecular complexity index is 426. The minimum absolute atomic E-state index is 0.0312. The Morgan fingerprint density at radius 1 is 1.18 bits per heavy atom. The molecule has 2 N–H and O–H groups in total. The lowest BCUT2D eigenvalue weighted by Gasteiger charge is -2.06. The van der Waals surface area contributed by atoms with E-state index in [0.29, 0.717) is 19.4 Å². The van der Waals surface area contributed by atoms with Crippen LogP contribution in [0, 0.1) is 0 Å². The van der Waals surface area contributed by atoms with Gasteiger partial charge in [0.15, 0.2) is 0 Å². The number of hydrogen-bond acceptors (Lipinski definition) is 3. The maximum atomic E-state index is 11.4. The highest BCUT2D eigenvalue weighted by molar-refractivity contribution is 7.89. The van der Waals surface area contributed by atoms with E-state index in [1.807, 2.05) is 31.2 Å². The minimum atomic E-state index is -3.10. The van der Waals surface area contributed by atoms with Crippen LogP contribution in [0.2, 0.25) is 0 Å². The molecule has 96 valence electrons. The molecule has 17 heavy (non-hydrogen) atoms. The number of aliphatic hydroxyl groups is 1. The number of hydrogen-bond donors (Lipinski definition) is 2. The van der Waals surface area contributed by atoms with Crippen molar-refractivity contribution in [2.24, 2.45) is 0 Å². The fraction of sp³-hybridized carbons (Fsp3) is 0.500.